The van der Waals surface area contributed by atoms with Crippen molar-refractivity contribution in [1.29, 1.82) is 0 Å². The Hall–Kier alpha value is 0.0300. The van der Waals surface area contributed by atoms with Crippen LogP contribution in [-0.4, -0.2) is 5.38 Å². The molecule has 0 heterocycles. The minimum absolute atomic E-state index is 0.394. The maximum atomic E-state index is 5.92. The van der Waals surface area contributed by atoms with Crippen molar-refractivity contribution in [2.75, 3.05) is 0 Å². The summed E-state index contributed by atoms with van der Waals surface area (Å²) < 4.78 is 0. The third-order valence-corrected chi connectivity index (χ3v) is 2.09. The molecule has 1 atom stereocenters. The molecule has 0 nitrogen and oxygen atoms in total. The summed E-state index contributed by atoms with van der Waals surface area (Å²) in [5.74, 6) is 0. The summed E-state index contributed by atoms with van der Waals surface area (Å²) in [6, 6.07) is 0. The van der Waals surface area contributed by atoms with Gasteiger partial charge in [0.05, 0.1) is 0 Å². The first-order valence-electron chi connectivity index (χ1n) is 4.06. The second kappa shape index (κ2) is 7.14. The standard InChI is InChI=1S/C9H17Cl/c1-3-5-6-7-8-9(10)4-2/h3,5,9H,4,6-8H2,1-2H3. The average molecular weight is 161 g/mol. The molecule has 0 spiro atoms. The van der Waals surface area contributed by atoms with Crippen LogP contribution in [0.25, 0.3) is 0 Å². The molecule has 0 saturated heterocycles. The first-order valence-corrected chi connectivity index (χ1v) is 4.50. The molecule has 0 aromatic heterocycles. The Morgan fingerprint density at radius 1 is 1.50 bits per heavy atom. The van der Waals surface area contributed by atoms with Crippen LogP contribution >= 0.6 is 11.6 Å². The Morgan fingerprint density at radius 3 is 2.70 bits per heavy atom. The topological polar surface area (TPSA) is 0 Å². The van der Waals surface area contributed by atoms with E-state index in [1.165, 1.54) is 12.8 Å². The highest BCUT2D eigenvalue weighted by Gasteiger charge is 1.97. The van der Waals surface area contributed by atoms with E-state index < -0.39 is 0 Å². The molecule has 0 bridgehead atoms. The fraction of sp³-hybridized carbons (Fsp3) is 0.778. The molecule has 0 aliphatic heterocycles. The van der Waals surface area contributed by atoms with Crippen molar-refractivity contribution in [2.24, 2.45) is 0 Å². The third kappa shape index (κ3) is 6.15. The molecule has 0 radical (unpaired) electrons. The summed E-state index contributed by atoms with van der Waals surface area (Å²) >= 11 is 5.92. The molecule has 0 aliphatic carbocycles. The fourth-order valence-electron chi connectivity index (χ4n) is 0.828. The first-order chi connectivity index (χ1) is 4.81. The van der Waals surface area contributed by atoms with E-state index in [-0.39, 0.29) is 0 Å². The lowest BCUT2D eigenvalue weighted by Gasteiger charge is -2.02. The zero-order valence-electron chi connectivity index (χ0n) is 6.94. The van der Waals surface area contributed by atoms with Crippen molar-refractivity contribution >= 4 is 11.6 Å². The van der Waals surface area contributed by atoms with E-state index in [1.54, 1.807) is 0 Å². The lowest BCUT2D eigenvalue weighted by atomic mass is 10.1. The van der Waals surface area contributed by atoms with Crippen molar-refractivity contribution < 1.29 is 0 Å². The van der Waals surface area contributed by atoms with Gasteiger partial charge in [0.1, 0.15) is 0 Å². The normalized spacial score (nSPS) is 14.3. The van der Waals surface area contributed by atoms with Gasteiger partial charge in [-0.3, -0.25) is 0 Å². The number of rotatable bonds is 5. The first kappa shape index (κ1) is 10.0. The molecule has 1 heteroatoms. The number of alkyl halides is 1. The predicted molar refractivity (Wildman–Crippen MR) is 48.6 cm³/mol. The number of allylic oxidation sites excluding steroid dienone is 2. The third-order valence-electron chi connectivity index (χ3n) is 1.57. The van der Waals surface area contributed by atoms with Gasteiger partial charge in [0, 0.05) is 5.38 Å². The molecule has 10 heavy (non-hydrogen) atoms. The van der Waals surface area contributed by atoms with Crippen molar-refractivity contribution in [3.05, 3.63) is 12.2 Å². The molecule has 0 N–H and O–H groups in total. The van der Waals surface area contributed by atoms with E-state index in [4.69, 9.17) is 11.6 Å². The maximum Gasteiger partial charge on any atom is 0.0333 e. The van der Waals surface area contributed by atoms with Gasteiger partial charge in [0.2, 0.25) is 0 Å². The van der Waals surface area contributed by atoms with E-state index in [9.17, 15) is 0 Å². The van der Waals surface area contributed by atoms with Gasteiger partial charge in [-0.25, -0.2) is 0 Å². The summed E-state index contributed by atoms with van der Waals surface area (Å²) in [4.78, 5) is 0. The Bertz CT molecular complexity index is 86.7. The molecule has 0 rings (SSSR count). The lowest BCUT2D eigenvalue weighted by molar-refractivity contribution is 0.682. The highest BCUT2D eigenvalue weighted by molar-refractivity contribution is 6.20. The van der Waals surface area contributed by atoms with Crippen molar-refractivity contribution in [2.45, 2.75) is 44.9 Å². The van der Waals surface area contributed by atoms with Gasteiger partial charge in [0.25, 0.3) is 0 Å². The SMILES string of the molecule is CC=CCCCC(Cl)CC. The molecule has 0 amide bonds. The summed E-state index contributed by atoms with van der Waals surface area (Å²) in [5, 5.41) is 0.394. The van der Waals surface area contributed by atoms with Crippen LogP contribution in [0.2, 0.25) is 0 Å². The Morgan fingerprint density at radius 2 is 2.20 bits per heavy atom. The molecule has 0 aliphatic rings. The van der Waals surface area contributed by atoms with Crippen LogP contribution in [0, 0.1) is 0 Å². The summed E-state index contributed by atoms with van der Waals surface area (Å²) in [7, 11) is 0. The Balaban J connectivity index is 3.03. The molecule has 60 valence electrons. The van der Waals surface area contributed by atoms with Crippen LogP contribution in [-0.2, 0) is 0 Å². The van der Waals surface area contributed by atoms with Crippen LogP contribution in [0.3, 0.4) is 0 Å². The average Bonchev–Trinajstić information content (AvgIpc) is 1.98. The molecular weight excluding hydrogens is 144 g/mol. The number of halogens is 1. The van der Waals surface area contributed by atoms with Crippen molar-refractivity contribution in [1.82, 2.24) is 0 Å². The molecular formula is C9H17Cl. The summed E-state index contributed by atoms with van der Waals surface area (Å²) in [5.41, 5.74) is 0. The van der Waals surface area contributed by atoms with Crippen LogP contribution in [0.5, 0.6) is 0 Å². The molecule has 0 aromatic carbocycles. The number of unbranched alkanes of at least 4 members (excludes halogenated alkanes) is 1. The van der Waals surface area contributed by atoms with Crippen LogP contribution in [0.4, 0.5) is 0 Å². The fourth-order valence-corrected chi connectivity index (χ4v) is 0.982. The number of hydrogen-bond donors (Lipinski definition) is 0. The number of hydrogen-bond acceptors (Lipinski definition) is 0. The van der Waals surface area contributed by atoms with Crippen molar-refractivity contribution in [3.8, 4) is 0 Å². The van der Waals surface area contributed by atoms with Gasteiger partial charge in [-0.2, -0.15) is 0 Å². The Kier molecular flexibility index (Phi) is 7.16. The highest BCUT2D eigenvalue weighted by Crippen LogP contribution is 2.10. The Labute approximate surface area is 69.3 Å². The summed E-state index contributed by atoms with van der Waals surface area (Å²) in [6.07, 6.45) is 8.94. The molecule has 0 fully saturated rings. The van der Waals surface area contributed by atoms with Crippen LogP contribution in [0.1, 0.15) is 39.5 Å². The van der Waals surface area contributed by atoms with Crippen molar-refractivity contribution in [3.63, 3.8) is 0 Å². The quantitative estimate of drug-likeness (QED) is 0.327. The van der Waals surface area contributed by atoms with Gasteiger partial charge in [0.15, 0.2) is 0 Å². The predicted octanol–water partition coefficient (Wildman–Crippen LogP) is 3.75. The molecule has 0 aromatic rings. The van der Waals surface area contributed by atoms with Crippen LogP contribution < -0.4 is 0 Å². The smallest absolute Gasteiger partial charge is 0.0333 e. The van der Waals surface area contributed by atoms with E-state index in [0.717, 1.165) is 12.8 Å². The molecule has 0 saturated carbocycles. The maximum absolute atomic E-state index is 5.92. The zero-order valence-corrected chi connectivity index (χ0v) is 7.69. The summed E-state index contributed by atoms with van der Waals surface area (Å²) in [6.45, 7) is 4.19. The monoisotopic (exact) mass is 160 g/mol. The van der Waals surface area contributed by atoms with Crippen LogP contribution in [0.15, 0.2) is 12.2 Å². The van der Waals surface area contributed by atoms with Gasteiger partial charge >= 0.3 is 0 Å². The van der Waals surface area contributed by atoms with E-state index in [1.807, 2.05) is 0 Å². The van der Waals surface area contributed by atoms with Gasteiger partial charge in [-0.1, -0.05) is 19.1 Å². The lowest BCUT2D eigenvalue weighted by Crippen LogP contribution is -1.94. The largest absolute Gasteiger partial charge is 0.123 e. The van der Waals surface area contributed by atoms with Gasteiger partial charge in [-0.05, 0) is 32.6 Å². The zero-order chi connectivity index (χ0) is 7.82. The second-order valence-electron chi connectivity index (χ2n) is 2.51. The second-order valence-corrected chi connectivity index (χ2v) is 3.12. The van der Waals surface area contributed by atoms with Gasteiger partial charge in [-0.15, -0.1) is 11.6 Å². The minimum Gasteiger partial charge on any atom is -0.123 e. The van der Waals surface area contributed by atoms with E-state index in [2.05, 4.69) is 26.0 Å². The van der Waals surface area contributed by atoms with E-state index in [0.29, 0.717) is 5.38 Å². The van der Waals surface area contributed by atoms with E-state index >= 15 is 0 Å². The molecule has 1 unspecified atom stereocenters. The van der Waals surface area contributed by atoms with Gasteiger partial charge < -0.3 is 0 Å². The minimum atomic E-state index is 0.394. The highest BCUT2D eigenvalue weighted by atomic mass is 35.5.